The zero-order valence-electron chi connectivity index (χ0n) is 13.2. The Bertz CT molecular complexity index is 655. The van der Waals surface area contributed by atoms with E-state index in [1.54, 1.807) is 11.9 Å². The first-order chi connectivity index (χ1) is 11.2. The van der Waals surface area contributed by atoms with Gasteiger partial charge in [0.1, 0.15) is 17.6 Å². The summed E-state index contributed by atoms with van der Waals surface area (Å²) in [5, 5.41) is 0. The van der Waals surface area contributed by atoms with Crippen LogP contribution in [-0.2, 0) is 20.8 Å². The van der Waals surface area contributed by atoms with Gasteiger partial charge >= 0.3 is 0 Å². The number of nitrogens with zero attached hydrogens (tertiary/aromatic N) is 3. The van der Waals surface area contributed by atoms with E-state index in [4.69, 9.17) is 9.47 Å². The Labute approximate surface area is 139 Å². The topological polar surface area (TPSA) is 64.6 Å². The second-order valence-corrected chi connectivity index (χ2v) is 6.37. The SMILES string of the molecule is CN(Cc1ccc2nsnc2c1)C(=O)COC[C@@H]1CCCCO1. The summed E-state index contributed by atoms with van der Waals surface area (Å²) in [5.74, 6) is -0.0303. The summed E-state index contributed by atoms with van der Waals surface area (Å²) in [6.07, 6.45) is 3.46. The van der Waals surface area contributed by atoms with Gasteiger partial charge in [-0.05, 0) is 37.0 Å². The van der Waals surface area contributed by atoms with Crippen molar-refractivity contribution < 1.29 is 14.3 Å². The van der Waals surface area contributed by atoms with Crippen molar-refractivity contribution in [2.24, 2.45) is 0 Å². The maximum absolute atomic E-state index is 12.1. The third-order valence-electron chi connectivity index (χ3n) is 3.97. The quantitative estimate of drug-likeness (QED) is 0.810. The molecule has 1 aliphatic heterocycles. The Morgan fingerprint density at radius 1 is 1.39 bits per heavy atom. The molecule has 1 aliphatic rings. The Morgan fingerprint density at radius 3 is 3.09 bits per heavy atom. The van der Waals surface area contributed by atoms with Gasteiger partial charge < -0.3 is 14.4 Å². The Hall–Kier alpha value is -1.57. The highest BCUT2D eigenvalue weighted by molar-refractivity contribution is 7.00. The van der Waals surface area contributed by atoms with E-state index in [9.17, 15) is 4.79 Å². The molecule has 7 heteroatoms. The molecule has 0 unspecified atom stereocenters. The van der Waals surface area contributed by atoms with Crippen LogP contribution in [0.1, 0.15) is 24.8 Å². The van der Waals surface area contributed by atoms with Crippen molar-refractivity contribution in [3.05, 3.63) is 23.8 Å². The normalized spacial score (nSPS) is 18.2. The molecule has 1 atom stereocenters. The monoisotopic (exact) mass is 335 g/mol. The lowest BCUT2D eigenvalue weighted by atomic mass is 10.1. The number of hydrogen-bond donors (Lipinski definition) is 0. The molecule has 124 valence electrons. The van der Waals surface area contributed by atoms with Crippen LogP contribution in [-0.4, -0.2) is 52.5 Å². The zero-order chi connectivity index (χ0) is 16.1. The number of rotatable bonds is 6. The lowest BCUT2D eigenvalue weighted by Crippen LogP contribution is -2.32. The zero-order valence-corrected chi connectivity index (χ0v) is 14.1. The molecule has 0 saturated carbocycles. The van der Waals surface area contributed by atoms with Crippen LogP contribution in [0.25, 0.3) is 11.0 Å². The molecule has 2 aromatic rings. The number of carbonyl (C=O) groups is 1. The summed E-state index contributed by atoms with van der Waals surface area (Å²) >= 11 is 1.20. The number of likely N-dealkylation sites (N-methyl/N-ethyl adjacent to an activating group) is 1. The maximum atomic E-state index is 12.1. The third kappa shape index (κ3) is 4.46. The molecule has 0 aliphatic carbocycles. The number of hydrogen-bond acceptors (Lipinski definition) is 6. The molecule has 6 nitrogen and oxygen atoms in total. The molecule has 23 heavy (non-hydrogen) atoms. The molecule has 1 aromatic carbocycles. The van der Waals surface area contributed by atoms with E-state index in [0.29, 0.717) is 13.2 Å². The van der Waals surface area contributed by atoms with Gasteiger partial charge in [-0.2, -0.15) is 8.75 Å². The summed E-state index contributed by atoms with van der Waals surface area (Å²) in [6.45, 7) is 1.93. The minimum absolute atomic E-state index is 0.0303. The molecule has 0 radical (unpaired) electrons. The minimum atomic E-state index is -0.0303. The van der Waals surface area contributed by atoms with Crippen LogP contribution >= 0.6 is 11.7 Å². The minimum Gasteiger partial charge on any atom is -0.376 e. The Kier molecular flexibility index (Phi) is 5.53. The number of amides is 1. The molecule has 0 N–H and O–H groups in total. The number of aromatic nitrogens is 2. The fourth-order valence-electron chi connectivity index (χ4n) is 2.61. The molecule has 1 aromatic heterocycles. The molecular weight excluding hydrogens is 314 g/mol. The summed E-state index contributed by atoms with van der Waals surface area (Å²) in [7, 11) is 1.78. The van der Waals surface area contributed by atoms with Crippen molar-refractivity contribution in [1.82, 2.24) is 13.6 Å². The van der Waals surface area contributed by atoms with Crippen LogP contribution < -0.4 is 0 Å². The standard InChI is InChI=1S/C16H21N3O3S/c1-19(9-12-5-6-14-15(8-12)18-23-17-14)16(20)11-21-10-13-4-2-3-7-22-13/h5-6,8,13H,2-4,7,9-11H2,1H3/t13-/m0/s1. The van der Waals surface area contributed by atoms with Gasteiger partial charge in [-0.1, -0.05) is 6.07 Å². The van der Waals surface area contributed by atoms with Gasteiger partial charge in [0.25, 0.3) is 0 Å². The highest BCUT2D eigenvalue weighted by Crippen LogP contribution is 2.15. The highest BCUT2D eigenvalue weighted by atomic mass is 32.1. The van der Waals surface area contributed by atoms with Gasteiger partial charge in [0.15, 0.2) is 0 Å². The third-order valence-corrected chi connectivity index (χ3v) is 4.52. The van der Waals surface area contributed by atoms with Crippen LogP contribution in [0.2, 0.25) is 0 Å². The second kappa shape index (κ2) is 7.81. The second-order valence-electron chi connectivity index (χ2n) is 5.84. The van der Waals surface area contributed by atoms with E-state index in [1.807, 2.05) is 18.2 Å². The molecule has 3 rings (SSSR count). The summed E-state index contributed by atoms with van der Waals surface area (Å²) < 4.78 is 19.5. The average Bonchev–Trinajstić information content (AvgIpc) is 3.03. The van der Waals surface area contributed by atoms with Crippen LogP contribution in [0.4, 0.5) is 0 Å². The van der Waals surface area contributed by atoms with Gasteiger partial charge in [-0.3, -0.25) is 4.79 Å². The van der Waals surface area contributed by atoms with Crippen molar-refractivity contribution in [2.45, 2.75) is 31.9 Å². The van der Waals surface area contributed by atoms with Gasteiger partial charge in [0.05, 0.1) is 24.4 Å². The molecule has 1 saturated heterocycles. The van der Waals surface area contributed by atoms with Crippen LogP contribution in [0.3, 0.4) is 0 Å². The largest absolute Gasteiger partial charge is 0.376 e. The van der Waals surface area contributed by atoms with Crippen molar-refractivity contribution in [2.75, 3.05) is 26.9 Å². The molecular formula is C16H21N3O3S. The van der Waals surface area contributed by atoms with Crippen molar-refractivity contribution in [3.63, 3.8) is 0 Å². The Morgan fingerprint density at radius 2 is 2.26 bits per heavy atom. The van der Waals surface area contributed by atoms with E-state index >= 15 is 0 Å². The highest BCUT2D eigenvalue weighted by Gasteiger charge is 2.16. The number of benzene rings is 1. The van der Waals surface area contributed by atoms with Crippen molar-refractivity contribution in [1.29, 1.82) is 0 Å². The first-order valence-corrected chi connectivity index (χ1v) is 8.60. The average molecular weight is 335 g/mol. The molecule has 0 bridgehead atoms. The lowest BCUT2D eigenvalue weighted by molar-refractivity contribution is -0.137. The summed E-state index contributed by atoms with van der Waals surface area (Å²) in [5.41, 5.74) is 2.80. The first-order valence-electron chi connectivity index (χ1n) is 7.87. The van der Waals surface area contributed by atoms with Gasteiger partial charge in [0.2, 0.25) is 5.91 Å². The van der Waals surface area contributed by atoms with Crippen molar-refractivity contribution >= 4 is 28.7 Å². The van der Waals surface area contributed by atoms with E-state index in [2.05, 4.69) is 8.75 Å². The van der Waals surface area contributed by atoms with E-state index in [1.165, 1.54) is 18.1 Å². The van der Waals surface area contributed by atoms with Crippen LogP contribution in [0.5, 0.6) is 0 Å². The first kappa shape index (κ1) is 16.3. The summed E-state index contributed by atoms with van der Waals surface area (Å²) in [4.78, 5) is 13.8. The van der Waals surface area contributed by atoms with Gasteiger partial charge in [-0.15, -0.1) is 0 Å². The molecule has 2 heterocycles. The number of ether oxygens (including phenoxy) is 2. The summed E-state index contributed by atoms with van der Waals surface area (Å²) in [6, 6.07) is 5.88. The Balaban J connectivity index is 1.45. The van der Waals surface area contributed by atoms with E-state index in [-0.39, 0.29) is 18.6 Å². The predicted octanol–water partition coefficient (Wildman–Crippen LogP) is 2.24. The number of carbonyl (C=O) groups excluding carboxylic acids is 1. The van der Waals surface area contributed by atoms with Crippen LogP contribution in [0, 0.1) is 0 Å². The molecule has 1 amide bonds. The van der Waals surface area contributed by atoms with Gasteiger partial charge in [-0.25, -0.2) is 0 Å². The lowest BCUT2D eigenvalue weighted by Gasteiger charge is -2.23. The van der Waals surface area contributed by atoms with Crippen LogP contribution in [0.15, 0.2) is 18.2 Å². The number of fused-ring (bicyclic) bond motifs is 1. The van der Waals surface area contributed by atoms with E-state index < -0.39 is 0 Å². The fourth-order valence-corrected chi connectivity index (χ4v) is 3.13. The van der Waals surface area contributed by atoms with E-state index in [0.717, 1.165) is 36.0 Å². The smallest absolute Gasteiger partial charge is 0.248 e. The maximum Gasteiger partial charge on any atom is 0.248 e. The van der Waals surface area contributed by atoms with Crippen molar-refractivity contribution in [3.8, 4) is 0 Å². The predicted molar refractivity (Wildman–Crippen MR) is 88.3 cm³/mol. The molecule has 1 fully saturated rings. The molecule has 0 spiro atoms. The fraction of sp³-hybridized carbons (Fsp3) is 0.562. The van der Waals surface area contributed by atoms with Gasteiger partial charge in [0, 0.05) is 20.2 Å².